The van der Waals surface area contributed by atoms with E-state index in [1.165, 1.54) is 0 Å². The molecule has 8 nitrogen and oxygen atoms in total. The molecule has 2 rings (SSSR count). The third kappa shape index (κ3) is 11.1. The highest BCUT2D eigenvalue weighted by Gasteiger charge is 2.23. The maximum atomic E-state index is 11.9. The van der Waals surface area contributed by atoms with Crippen LogP contribution in [0.4, 0.5) is 0 Å². The molecule has 0 aromatic heterocycles. The van der Waals surface area contributed by atoms with Gasteiger partial charge in [-0.25, -0.2) is 4.99 Å². The van der Waals surface area contributed by atoms with Gasteiger partial charge in [-0.2, -0.15) is 0 Å². The first-order chi connectivity index (χ1) is 13.9. The van der Waals surface area contributed by atoms with Crippen LogP contribution in [0.2, 0.25) is 0 Å². The van der Waals surface area contributed by atoms with Gasteiger partial charge < -0.3 is 25.0 Å². The van der Waals surface area contributed by atoms with E-state index < -0.39 is 0 Å². The van der Waals surface area contributed by atoms with E-state index in [-0.39, 0.29) is 42.5 Å². The number of carbonyl (C=O) groups excluding carboxylic acids is 1. The molecule has 0 radical (unpaired) electrons. The largest absolute Gasteiger partial charge is 0.379 e. The minimum atomic E-state index is 0. The lowest BCUT2D eigenvalue weighted by Gasteiger charge is -2.31. The van der Waals surface area contributed by atoms with E-state index in [0.29, 0.717) is 12.1 Å². The predicted octanol–water partition coefficient (Wildman–Crippen LogP) is 1.69. The lowest BCUT2D eigenvalue weighted by Crippen LogP contribution is -2.47. The van der Waals surface area contributed by atoms with Crippen molar-refractivity contribution in [1.29, 1.82) is 0 Å². The van der Waals surface area contributed by atoms with Crippen molar-refractivity contribution in [2.24, 2.45) is 4.99 Å². The van der Waals surface area contributed by atoms with E-state index in [4.69, 9.17) is 9.47 Å². The van der Waals surface area contributed by atoms with Crippen molar-refractivity contribution < 1.29 is 14.3 Å². The highest BCUT2D eigenvalue weighted by atomic mass is 127. The summed E-state index contributed by atoms with van der Waals surface area (Å²) in [6.45, 7) is 9.93. The van der Waals surface area contributed by atoms with Gasteiger partial charge in [-0.15, -0.1) is 24.0 Å². The molecule has 2 fully saturated rings. The third-order valence-corrected chi connectivity index (χ3v) is 5.40. The Labute approximate surface area is 199 Å². The third-order valence-electron chi connectivity index (χ3n) is 5.40. The van der Waals surface area contributed by atoms with E-state index in [1.54, 1.807) is 19.0 Å². The van der Waals surface area contributed by atoms with Crippen molar-refractivity contribution in [3.05, 3.63) is 0 Å². The Morgan fingerprint density at radius 1 is 1.20 bits per heavy atom. The summed E-state index contributed by atoms with van der Waals surface area (Å²) in [5, 5.41) is 6.96. The number of nitrogens with one attached hydrogen (secondary N) is 2. The van der Waals surface area contributed by atoms with Gasteiger partial charge in [0.15, 0.2) is 5.96 Å². The average Bonchev–Trinajstić information content (AvgIpc) is 2.70. The summed E-state index contributed by atoms with van der Waals surface area (Å²) >= 11 is 0. The molecule has 1 aliphatic carbocycles. The fraction of sp³-hybridized carbons (Fsp3) is 0.905. The van der Waals surface area contributed by atoms with Crippen molar-refractivity contribution in [2.45, 2.75) is 64.2 Å². The van der Waals surface area contributed by atoms with Gasteiger partial charge in [0.25, 0.3) is 0 Å². The average molecular weight is 540 g/mol. The van der Waals surface area contributed by atoms with Crippen LogP contribution in [0.3, 0.4) is 0 Å². The fourth-order valence-corrected chi connectivity index (χ4v) is 3.70. The van der Waals surface area contributed by atoms with Crippen LogP contribution in [0.1, 0.15) is 46.0 Å². The number of nitrogens with zero attached hydrogens (tertiary/aromatic N) is 3. The summed E-state index contributed by atoms with van der Waals surface area (Å²) in [4.78, 5) is 20.5. The molecular weight excluding hydrogens is 497 g/mol. The smallest absolute Gasteiger partial charge is 0.243 e. The molecule has 2 N–H and O–H groups in total. The normalized spacial score (nSPS) is 23.0. The van der Waals surface area contributed by atoms with E-state index >= 15 is 0 Å². The quantitative estimate of drug-likeness (QED) is 0.201. The standard InChI is InChI=1S/C21H41N5O3.HI/c1-17(2)29-19-8-6-18(7-9-19)24-21(23-16-20(27)25(3)4)22-10-5-11-26-12-14-28-15-13-26;/h17-19H,5-16H2,1-4H3,(H2,22,23,24);1H. The maximum Gasteiger partial charge on any atom is 0.243 e. The molecule has 0 aromatic carbocycles. The Hall–Kier alpha value is -0.650. The summed E-state index contributed by atoms with van der Waals surface area (Å²) < 4.78 is 11.3. The topological polar surface area (TPSA) is 78.4 Å². The van der Waals surface area contributed by atoms with Gasteiger partial charge in [0, 0.05) is 39.8 Å². The molecule has 30 heavy (non-hydrogen) atoms. The maximum absolute atomic E-state index is 11.9. The Balaban J connectivity index is 0.00000450. The first-order valence-electron chi connectivity index (χ1n) is 11.1. The molecule has 0 bridgehead atoms. The van der Waals surface area contributed by atoms with Crippen LogP contribution in [-0.2, 0) is 14.3 Å². The number of aliphatic imine (C=N–C) groups is 1. The second-order valence-corrected chi connectivity index (χ2v) is 8.49. The summed E-state index contributed by atoms with van der Waals surface area (Å²) in [5.41, 5.74) is 0. The number of carbonyl (C=O) groups is 1. The monoisotopic (exact) mass is 539 g/mol. The molecule has 1 aliphatic heterocycles. The Kier molecular flexibility index (Phi) is 13.9. The number of guanidine groups is 1. The molecular formula is C21H42IN5O3. The summed E-state index contributed by atoms with van der Waals surface area (Å²) in [5.74, 6) is 0.754. The predicted molar refractivity (Wildman–Crippen MR) is 132 cm³/mol. The molecule has 0 spiro atoms. The lowest BCUT2D eigenvalue weighted by atomic mass is 9.93. The van der Waals surface area contributed by atoms with Gasteiger partial charge in [-0.1, -0.05) is 0 Å². The molecule has 1 amide bonds. The van der Waals surface area contributed by atoms with Gasteiger partial charge in [-0.05, 0) is 52.5 Å². The molecule has 1 heterocycles. The van der Waals surface area contributed by atoms with Gasteiger partial charge in [0.1, 0.15) is 6.54 Å². The SMILES string of the molecule is CC(C)OC1CCC(NC(=NCC(=O)N(C)C)NCCCN2CCOCC2)CC1.I. The number of ether oxygens (including phenoxy) is 2. The Morgan fingerprint density at radius 3 is 2.47 bits per heavy atom. The fourth-order valence-electron chi connectivity index (χ4n) is 3.70. The molecule has 176 valence electrons. The number of hydrogen-bond acceptors (Lipinski definition) is 5. The van der Waals surface area contributed by atoms with Crippen molar-refractivity contribution >= 4 is 35.8 Å². The van der Waals surface area contributed by atoms with Crippen LogP contribution in [0.5, 0.6) is 0 Å². The molecule has 1 saturated heterocycles. The van der Waals surface area contributed by atoms with E-state index in [1.807, 2.05) is 0 Å². The van der Waals surface area contributed by atoms with Gasteiger partial charge in [0.2, 0.25) is 5.91 Å². The zero-order valence-corrected chi connectivity index (χ0v) is 21.5. The molecule has 1 saturated carbocycles. The number of hydrogen-bond donors (Lipinski definition) is 2. The molecule has 0 aromatic rings. The van der Waals surface area contributed by atoms with Crippen molar-refractivity contribution in [3.63, 3.8) is 0 Å². The van der Waals surface area contributed by atoms with E-state index in [0.717, 1.165) is 77.5 Å². The first kappa shape index (κ1) is 27.4. The second kappa shape index (κ2) is 15.2. The summed E-state index contributed by atoms with van der Waals surface area (Å²) in [7, 11) is 3.52. The Morgan fingerprint density at radius 2 is 1.87 bits per heavy atom. The number of likely N-dealkylation sites (N-methyl/N-ethyl adjacent to an activating group) is 1. The van der Waals surface area contributed by atoms with Crippen LogP contribution in [0, 0.1) is 0 Å². The van der Waals surface area contributed by atoms with E-state index in [2.05, 4.69) is 34.4 Å². The zero-order chi connectivity index (χ0) is 21.1. The zero-order valence-electron chi connectivity index (χ0n) is 19.2. The van der Waals surface area contributed by atoms with Crippen molar-refractivity contribution in [3.8, 4) is 0 Å². The second-order valence-electron chi connectivity index (χ2n) is 8.49. The molecule has 0 atom stereocenters. The first-order valence-corrected chi connectivity index (χ1v) is 11.1. The Bertz CT molecular complexity index is 505. The van der Waals surface area contributed by atoms with Gasteiger partial charge >= 0.3 is 0 Å². The lowest BCUT2D eigenvalue weighted by molar-refractivity contribution is -0.127. The summed E-state index contributed by atoms with van der Waals surface area (Å²) in [6, 6.07) is 0.377. The van der Waals surface area contributed by atoms with Crippen molar-refractivity contribution in [1.82, 2.24) is 20.4 Å². The number of rotatable bonds is 9. The van der Waals surface area contributed by atoms with Crippen LogP contribution in [0.15, 0.2) is 4.99 Å². The van der Waals surface area contributed by atoms with Crippen molar-refractivity contribution in [2.75, 3.05) is 60.0 Å². The molecule has 0 unspecified atom stereocenters. The molecule has 2 aliphatic rings. The highest BCUT2D eigenvalue weighted by Crippen LogP contribution is 2.22. The highest BCUT2D eigenvalue weighted by molar-refractivity contribution is 14.0. The minimum absolute atomic E-state index is 0. The number of amides is 1. The summed E-state index contributed by atoms with van der Waals surface area (Å²) in [6.07, 6.45) is 5.95. The van der Waals surface area contributed by atoms with Gasteiger partial charge in [-0.3, -0.25) is 9.69 Å². The number of morpholine rings is 1. The minimum Gasteiger partial charge on any atom is -0.379 e. The number of halogens is 1. The van der Waals surface area contributed by atoms with Crippen LogP contribution in [0.25, 0.3) is 0 Å². The van der Waals surface area contributed by atoms with E-state index in [9.17, 15) is 4.79 Å². The van der Waals surface area contributed by atoms with Gasteiger partial charge in [0.05, 0.1) is 25.4 Å². The van der Waals surface area contributed by atoms with Crippen LogP contribution >= 0.6 is 24.0 Å². The molecule has 9 heteroatoms. The van der Waals surface area contributed by atoms with Crippen LogP contribution < -0.4 is 10.6 Å². The van der Waals surface area contributed by atoms with Crippen LogP contribution in [-0.4, -0.2) is 99.9 Å².